The Hall–Kier alpha value is -2.96. The fraction of sp³-hybridized carbons (Fsp3) is 0.381. The highest BCUT2D eigenvalue weighted by Gasteiger charge is 2.26. The molecule has 1 fully saturated rings. The summed E-state index contributed by atoms with van der Waals surface area (Å²) in [5, 5.41) is 3.08. The predicted molar refractivity (Wildman–Crippen MR) is 105 cm³/mol. The summed E-state index contributed by atoms with van der Waals surface area (Å²) < 4.78 is 24.1. The molecular weight excluding hydrogens is 361 g/mol. The van der Waals surface area contributed by atoms with E-state index in [4.69, 9.17) is 9.47 Å². The number of nitrogens with one attached hydrogen (secondary N) is 1. The number of amides is 2. The first kappa shape index (κ1) is 18.4. The van der Waals surface area contributed by atoms with Crippen LogP contribution in [0.25, 0.3) is 0 Å². The van der Waals surface area contributed by atoms with Crippen molar-refractivity contribution >= 4 is 11.7 Å². The molecule has 1 atom stereocenters. The number of benzene rings is 2. The smallest absolute Gasteiger partial charge is 0.317 e. The Morgan fingerprint density at radius 2 is 1.89 bits per heavy atom. The van der Waals surface area contributed by atoms with Gasteiger partial charge in [-0.3, -0.25) is 0 Å². The molecule has 2 aliphatic rings. The number of carbonyl (C=O) groups is 1. The van der Waals surface area contributed by atoms with Crippen LogP contribution < -0.4 is 19.7 Å². The van der Waals surface area contributed by atoms with Gasteiger partial charge in [-0.25, -0.2) is 9.18 Å². The first-order chi connectivity index (χ1) is 13.6. The monoisotopic (exact) mass is 385 g/mol. The minimum Gasteiger partial charge on any atom is -0.497 e. The fourth-order valence-electron chi connectivity index (χ4n) is 3.68. The van der Waals surface area contributed by atoms with Crippen molar-refractivity contribution in [3.05, 3.63) is 53.8 Å². The van der Waals surface area contributed by atoms with Crippen LogP contribution in [0, 0.1) is 5.82 Å². The second-order valence-electron chi connectivity index (χ2n) is 7.09. The summed E-state index contributed by atoms with van der Waals surface area (Å²) >= 11 is 0. The van der Waals surface area contributed by atoms with Gasteiger partial charge in [-0.05, 0) is 54.4 Å². The van der Waals surface area contributed by atoms with Crippen LogP contribution in [0.2, 0.25) is 0 Å². The number of piperazine rings is 1. The minimum absolute atomic E-state index is 0.0674. The third-order valence-electron chi connectivity index (χ3n) is 5.26. The molecule has 2 aromatic rings. The van der Waals surface area contributed by atoms with Gasteiger partial charge in [-0.1, -0.05) is 0 Å². The van der Waals surface area contributed by atoms with Crippen LogP contribution in [-0.4, -0.2) is 56.9 Å². The van der Waals surface area contributed by atoms with E-state index in [1.54, 1.807) is 19.2 Å². The Kier molecular flexibility index (Phi) is 5.23. The average Bonchev–Trinajstić information content (AvgIpc) is 2.74. The number of halogens is 1. The van der Waals surface area contributed by atoms with Crippen molar-refractivity contribution < 1.29 is 18.7 Å². The number of carbonyl (C=O) groups excluding carboxylic acids is 1. The topological polar surface area (TPSA) is 54.0 Å². The second-order valence-corrected chi connectivity index (χ2v) is 7.09. The van der Waals surface area contributed by atoms with Crippen molar-refractivity contribution in [1.82, 2.24) is 10.2 Å². The summed E-state index contributed by atoms with van der Waals surface area (Å²) in [5.74, 6) is 1.39. The summed E-state index contributed by atoms with van der Waals surface area (Å²) in [7, 11) is 1.64. The van der Waals surface area contributed by atoms with Gasteiger partial charge in [0.15, 0.2) is 0 Å². The summed E-state index contributed by atoms with van der Waals surface area (Å²) in [6, 6.07) is 12.1. The predicted octanol–water partition coefficient (Wildman–Crippen LogP) is 2.67. The zero-order valence-electron chi connectivity index (χ0n) is 15.9. The lowest BCUT2D eigenvalue weighted by molar-refractivity contribution is 0.178. The standard InChI is InChI=1S/C21H24FN3O3/c1-27-19-6-7-20-15(13-19)12-17(14-28-20)23-21(26)25-10-8-24(9-11-25)18-4-2-16(22)3-5-18/h2-7,13,17H,8-12,14H2,1H3,(H,23,26). The summed E-state index contributed by atoms with van der Waals surface area (Å²) in [4.78, 5) is 16.6. The second kappa shape index (κ2) is 7.96. The van der Waals surface area contributed by atoms with E-state index in [1.165, 1.54) is 12.1 Å². The Bertz CT molecular complexity index is 835. The average molecular weight is 385 g/mol. The molecule has 0 spiro atoms. The molecule has 4 rings (SSSR count). The maximum atomic E-state index is 13.1. The Morgan fingerprint density at radius 1 is 1.14 bits per heavy atom. The van der Waals surface area contributed by atoms with Gasteiger partial charge >= 0.3 is 6.03 Å². The molecular formula is C21H24FN3O3. The number of fused-ring (bicyclic) bond motifs is 1. The fourth-order valence-corrected chi connectivity index (χ4v) is 3.68. The summed E-state index contributed by atoms with van der Waals surface area (Å²) in [6.07, 6.45) is 0.716. The molecule has 0 bridgehead atoms. The molecule has 1 saturated heterocycles. The van der Waals surface area contributed by atoms with Crippen LogP contribution in [0.1, 0.15) is 5.56 Å². The summed E-state index contributed by atoms with van der Waals surface area (Å²) in [5.41, 5.74) is 2.02. The van der Waals surface area contributed by atoms with Gasteiger partial charge < -0.3 is 24.6 Å². The lowest BCUT2D eigenvalue weighted by Crippen LogP contribution is -2.55. The molecule has 2 aliphatic heterocycles. The van der Waals surface area contributed by atoms with Crippen molar-refractivity contribution in [2.45, 2.75) is 12.5 Å². The van der Waals surface area contributed by atoms with Crippen LogP contribution in [-0.2, 0) is 6.42 Å². The molecule has 2 aromatic carbocycles. The van der Waals surface area contributed by atoms with E-state index in [9.17, 15) is 9.18 Å². The normalized spacial score (nSPS) is 18.9. The Labute approximate surface area is 163 Å². The van der Waals surface area contributed by atoms with Gasteiger partial charge in [0.1, 0.15) is 23.9 Å². The molecule has 6 nitrogen and oxygen atoms in total. The molecule has 0 saturated carbocycles. The van der Waals surface area contributed by atoms with Gasteiger partial charge in [0.2, 0.25) is 0 Å². The molecule has 1 unspecified atom stereocenters. The van der Waals surface area contributed by atoms with Gasteiger partial charge in [0, 0.05) is 31.9 Å². The van der Waals surface area contributed by atoms with Crippen molar-refractivity contribution in [2.75, 3.05) is 44.8 Å². The third-order valence-corrected chi connectivity index (χ3v) is 5.26. The molecule has 148 valence electrons. The van der Waals surface area contributed by atoms with Crippen LogP contribution in [0.15, 0.2) is 42.5 Å². The van der Waals surface area contributed by atoms with Gasteiger partial charge in [-0.2, -0.15) is 0 Å². The van der Waals surface area contributed by atoms with Crippen LogP contribution in [0.4, 0.5) is 14.9 Å². The van der Waals surface area contributed by atoms with Gasteiger partial charge in [-0.15, -0.1) is 0 Å². The number of urea groups is 1. The van der Waals surface area contributed by atoms with Crippen molar-refractivity contribution in [1.29, 1.82) is 0 Å². The lowest BCUT2D eigenvalue weighted by Gasteiger charge is -2.37. The highest BCUT2D eigenvalue weighted by molar-refractivity contribution is 5.75. The van der Waals surface area contributed by atoms with E-state index in [1.807, 2.05) is 23.1 Å². The Balaban J connectivity index is 1.30. The van der Waals surface area contributed by atoms with E-state index in [-0.39, 0.29) is 17.9 Å². The zero-order valence-corrected chi connectivity index (χ0v) is 15.9. The molecule has 0 aliphatic carbocycles. The molecule has 1 N–H and O–H groups in total. The third kappa shape index (κ3) is 3.98. The van der Waals surface area contributed by atoms with Crippen LogP contribution in [0.5, 0.6) is 11.5 Å². The maximum absolute atomic E-state index is 13.1. The first-order valence-electron chi connectivity index (χ1n) is 9.48. The molecule has 7 heteroatoms. The zero-order chi connectivity index (χ0) is 19.5. The number of hydrogen-bond acceptors (Lipinski definition) is 4. The molecule has 0 radical (unpaired) electrons. The molecule has 28 heavy (non-hydrogen) atoms. The van der Waals surface area contributed by atoms with E-state index < -0.39 is 0 Å². The van der Waals surface area contributed by atoms with Crippen LogP contribution >= 0.6 is 0 Å². The number of hydrogen-bond donors (Lipinski definition) is 1. The molecule has 2 amide bonds. The number of methoxy groups -OCH3 is 1. The Morgan fingerprint density at radius 3 is 2.61 bits per heavy atom. The largest absolute Gasteiger partial charge is 0.497 e. The SMILES string of the molecule is COc1ccc2c(c1)CC(NC(=O)N1CCN(c3ccc(F)cc3)CC1)CO2. The summed E-state index contributed by atoms with van der Waals surface area (Å²) in [6.45, 7) is 3.16. The number of rotatable bonds is 3. The first-order valence-corrected chi connectivity index (χ1v) is 9.48. The lowest BCUT2D eigenvalue weighted by atomic mass is 10.0. The maximum Gasteiger partial charge on any atom is 0.317 e. The number of nitrogens with zero attached hydrogens (tertiary/aromatic N) is 2. The van der Waals surface area contributed by atoms with Crippen molar-refractivity contribution in [3.8, 4) is 11.5 Å². The van der Waals surface area contributed by atoms with E-state index in [0.29, 0.717) is 26.1 Å². The highest BCUT2D eigenvalue weighted by Crippen LogP contribution is 2.28. The van der Waals surface area contributed by atoms with Crippen molar-refractivity contribution in [3.63, 3.8) is 0 Å². The van der Waals surface area contributed by atoms with E-state index in [0.717, 1.165) is 35.8 Å². The van der Waals surface area contributed by atoms with E-state index >= 15 is 0 Å². The van der Waals surface area contributed by atoms with Crippen molar-refractivity contribution in [2.24, 2.45) is 0 Å². The highest BCUT2D eigenvalue weighted by atomic mass is 19.1. The molecule has 2 heterocycles. The number of anilines is 1. The van der Waals surface area contributed by atoms with Gasteiger partial charge in [0.25, 0.3) is 0 Å². The number of ether oxygens (including phenoxy) is 2. The quantitative estimate of drug-likeness (QED) is 0.883. The minimum atomic E-state index is -0.240. The van der Waals surface area contributed by atoms with Gasteiger partial charge in [0.05, 0.1) is 13.2 Å². The van der Waals surface area contributed by atoms with E-state index in [2.05, 4.69) is 10.2 Å². The van der Waals surface area contributed by atoms with Crippen LogP contribution in [0.3, 0.4) is 0 Å². The molecule has 0 aromatic heterocycles.